The van der Waals surface area contributed by atoms with Crippen LogP contribution in [0.5, 0.6) is 0 Å². The van der Waals surface area contributed by atoms with Gasteiger partial charge in [-0.05, 0) is 6.42 Å². The van der Waals surface area contributed by atoms with Gasteiger partial charge in [0, 0.05) is 11.8 Å². The Bertz CT molecular complexity index is 328. The summed E-state index contributed by atoms with van der Waals surface area (Å²) in [5.41, 5.74) is 5.59. The van der Waals surface area contributed by atoms with Crippen LogP contribution in [0.2, 0.25) is 0 Å². The molecule has 0 unspecified atom stereocenters. The molecular formula is C11H20N4. The lowest BCUT2D eigenvalue weighted by Gasteiger charge is -2.17. The molecule has 0 aromatic carbocycles. The Morgan fingerprint density at radius 3 is 2.33 bits per heavy atom. The Morgan fingerprint density at radius 2 is 1.80 bits per heavy atom. The van der Waals surface area contributed by atoms with E-state index in [-0.39, 0.29) is 5.41 Å². The largest absolute Gasteiger partial charge is 0.368 e. The van der Waals surface area contributed by atoms with E-state index in [1.807, 2.05) is 0 Å². The SMILES string of the molecule is CCCCc1nc(N)nc(C(C)(C)C)n1. The van der Waals surface area contributed by atoms with Crippen LogP contribution < -0.4 is 5.73 Å². The highest BCUT2D eigenvalue weighted by Crippen LogP contribution is 2.18. The summed E-state index contributed by atoms with van der Waals surface area (Å²) in [4.78, 5) is 12.7. The zero-order chi connectivity index (χ0) is 11.5. The molecule has 0 atom stereocenters. The van der Waals surface area contributed by atoms with E-state index in [0.717, 1.165) is 30.9 Å². The fourth-order valence-electron chi connectivity index (χ4n) is 1.22. The normalized spacial score (nSPS) is 11.7. The van der Waals surface area contributed by atoms with E-state index < -0.39 is 0 Å². The van der Waals surface area contributed by atoms with Gasteiger partial charge in [0.05, 0.1) is 0 Å². The van der Waals surface area contributed by atoms with Crippen molar-refractivity contribution in [3.63, 3.8) is 0 Å². The van der Waals surface area contributed by atoms with Crippen LogP contribution in [0.4, 0.5) is 5.95 Å². The van der Waals surface area contributed by atoms with Crippen molar-refractivity contribution in [3.8, 4) is 0 Å². The number of nitrogens with two attached hydrogens (primary N) is 1. The van der Waals surface area contributed by atoms with E-state index in [1.165, 1.54) is 0 Å². The Labute approximate surface area is 91.3 Å². The number of rotatable bonds is 3. The summed E-state index contributed by atoms with van der Waals surface area (Å²) >= 11 is 0. The average molecular weight is 208 g/mol. The van der Waals surface area contributed by atoms with E-state index in [9.17, 15) is 0 Å². The van der Waals surface area contributed by atoms with Crippen molar-refractivity contribution in [1.29, 1.82) is 0 Å². The van der Waals surface area contributed by atoms with Crippen LogP contribution >= 0.6 is 0 Å². The molecule has 1 heterocycles. The highest BCUT2D eigenvalue weighted by molar-refractivity contribution is 5.18. The number of hydrogen-bond acceptors (Lipinski definition) is 4. The molecule has 0 bridgehead atoms. The summed E-state index contributed by atoms with van der Waals surface area (Å²) in [6, 6.07) is 0. The van der Waals surface area contributed by atoms with Crippen molar-refractivity contribution >= 4 is 5.95 Å². The predicted octanol–water partition coefficient (Wildman–Crippen LogP) is 2.09. The first kappa shape index (κ1) is 11.9. The number of unbranched alkanes of at least 4 members (excludes halogenated alkanes) is 1. The van der Waals surface area contributed by atoms with Gasteiger partial charge < -0.3 is 5.73 Å². The second-order valence-electron chi connectivity index (χ2n) is 4.79. The number of nitrogen functional groups attached to an aromatic ring is 1. The highest BCUT2D eigenvalue weighted by atomic mass is 15.1. The van der Waals surface area contributed by atoms with Crippen molar-refractivity contribution in [3.05, 3.63) is 11.6 Å². The fourth-order valence-corrected chi connectivity index (χ4v) is 1.22. The maximum absolute atomic E-state index is 5.67. The maximum Gasteiger partial charge on any atom is 0.223 e. The lowest BCUT2D eigenvalue weighted by atomic mass is 9.96. The molecule has 4 nitrogen and oxygen atoms in total. The summed E-state index contributed by atoms with van der Waals surface area (Å²) < 4.78 is 0. The van der Waals surface area contributed by atoms with Crippen LogP contribution in [0.15, 0.2) is 0 Å². The van der Waals surface area contributed by atoms with Crippen LogP contribution in [0.3, 0.4) is 0 Å². The average Bonchev–Trinajstić information content (AvgIpc) is 2.12. The van der Waals surface area contributed by atoms with Gasteiger partial charge in [0.1, 0.15) is 11.6 Å². The second kappa shape index (κ2) is 4.55. The lowest BCUT2D eigenvalue weighted by Crippen LogP contribution is -2.19. The van der Waals surface area contributed by atoms with E-state index in [0.29, 0.717) is 5.95 Å². The zero-order valence-electron chi connectivity index (χ0n) is 10.0. The van der Waals surface area contributed by atoms with Crippen molar-refractivity contribution < 1.29 is 0 Å². The monoisotopic (exact) mass is 208 g/mol. The van der Waals surface area contributed by atoms with Gasteiger partial charge in [0.2, 0.25) is 5.95 Å². The molecule has 1 aromatic rings. The maximum atomic E-state index is 5.67. The van der Waals surface area contributed by atoms with Crippen molar-refractivity contribution in [2.24, 2.45) is 0 Å². The van der Waals surface area contributed by atoms with Crippen LogP contribution in [0, 0.1) is 0 Å². The van der Waals surface area contributed by atoms with Crippen molar-refractivity contribution in [1.82, 2.24) is 15.0 Å². The Balaban J connectivity index is 2.95. The Morgan fingerprint density at radius 1 is 1.13 bits per heavy atom. The Kier molecular flexibility index (Phi) is 3.61. The molecule has 0 saturated carbocycles. The van der Waals surface area contributed by atoms with Crippen LogP contribution in [-0.4, -0.2) is 15.0 Å². The molecule has 0 radical (unpaired) electrons. The van der Waals surface area contributed by atoms with Gasteiger partial charge in [0.25, 0.3) is 0 Å². The van der Waals surface area contributed by atoms with Gasteiger partial charge in [-0.25, -0.2) is 4.98 Å². The minimum absolute atomic E-state index is 0.0714. The van der Waals surface area contributed by atoms with Gasteiger partial charge in [0.15, 0.2) is 0 Å². The van der Waals surface area contributed by atoms with Crippen LogP contribution in [0.25, 0.3) is 0 Å². The summed E-state index contributed by atoms with van der Waals surface area (Å²) in [6.45, 7) is 8.37. The van der Waals surface area contributed by atoms with Gasteiger partial charge in [-0.15, -0.1) is 0 Å². The minimum Gasteiger partial charge on any atom is -0.368 e. The van der Waals surface area contributed by atoms with Gasteiger partial charge in [-0.2, -0.15) is 9.97 Å². The van der Waals surface area contributed by atoms with E-state index >= 15 is 0 Å². The first-order chi connectivity index (χ1) is 6.93. The first-order valence-corrected chi connectivity index (χ1v) is 5.44. The quantitative estimate of drug-likeness (QED) is 0.826. The lowest BCUT2D eigenvalue weighted by molar-refractivity contribution is 0.535. The highest BCUT2D eigenvalue weighted by Gasteiger charge is 2.18. The molecule has 84 valence electrons. The van der Waals surface area contributed by atoms with Crippen LogP contribution in [0.1, 0.15) is 52.2 Å². The molecule has 0 aliphatic rings. The molecule has 0 aliphatic carbocycles. The van der Waals surface area contributed by atoms with Crippen molar-refractivity contribution in [2.75, 3.05) is 5.73 Å². The predicted molar refractivity (Wildman–Crippen MR) is 61.6 cm³/mol. The van der Waals surface area contributed by atoms with E-state index in [1.54, 1.807) is 0 Å². The number of hydrogen-bond donors (Lipinski definition) is 1. The van der Waals surface area contributed by atoms with E-state index in [2.05, 4.69) is 42.6 Å². The number of anilines is 1. The van der Waals surface area contributed by atoms with Crippen LogP contribution in [-0.2, 0) is 11.8 Å². The third kappa shape index (κ3) is 3.46. The number of nitrogens with zero attached hydrogens (tertiary/aromatic N) is 3. The van der Waals surface area contributed by atoms with Gasteiger partial charge >= 0.3 is 0 Å². The van der Waals surface area contributed by atoms with Gasteiger partial charge in [-0.3, -0.25) is 0 Å². The molecular weight excluding hydrogens is 188 g/mol. The summed E-state index contributed by atoms with van der Waals surface area (Å²) in [7, 11) is 0. The van der Waals surface area contributed by atoms with Crippen molar-refractivity contribution in [2.45, 2.75) is 52.4 Å². The molecule has 0 spiro atoms. The molecule has 1 rings (SSSR count). The fraction of sp³-hybridized carbons (Fsp3) is 0.727. The molecule has 2 N–H and O–H groups in total. The topological polar surface area (TPSA) is 64.7 Å². The molecule has 0 aliphatic heterocycles. The number of aryl methyl sites for hydroxylation is 1. The number of aromatic nitrogens is 3. The summed E-state index contributed by atoms with van der Waals surface area (Å²) in [5.74, 6) is 1.93. The molecule has 1 aromatic heterocycles. The molecule has 15 heavy (non-hydrogen) atoms. The summed E-state index contributed by atoms with van der Waals surface area (Å²) in [5, 5.41) is 0. The molecule has 0 fully saturated rings. The third-order valence-electron chi connectivity index (χ3n) is 2.12. The minimum atomic E-state index is -0.0714. The third-order valence-corrected chi connectivity index (χ3v) is 2.12. The van der Waals surface area contributed by atoms with E-state index in [4.69, 9.17) is 5.73 Å². The molecule has 0 amide bonds. The smallest absolute Gasteiger partial charge is 0.223 e. The first-order valence-electron chi connectivity index (χ1n) is 5.44. The molecule has 4 heteroatoms. The zero-order valence-corrected chi connectivity index (χ0v) is 10.0. The molecule has 0 saturated heterocycles. The van der Waals surface area contributed by atoms with Gasteiger partial charge in [-0.1, -0.05) is 34.1 Å². The standard InChI is InChI=1S/C11H20N4/c1-5-6-7-8-13-9(11(2,3)4)15-10(12)14-8/h5-7H2,1-4H3,(H2,12,13,14,15). The summed E-state index contributed by atoms with van der Waals surface area (Å²) in [6.07, 6.45) is 3.11. The second-order valence-corrected chi connectivity index (χ2v) is 4.79. The Hall–Kier alpha value is -1.19.